The van der Waals surface area contributed by atoms with E-state index in [0.29, 0.717) is 10.4 Å². The third-order valence-corrected chi connectivity index (χ3v) is 20.5. The van der Waals surface area contributed by atoms with Gasteiger partial charge in [0.1, 0.15) is 0 Å². The Bertz CT molecular complexity index is 374. The fourth-order valence-electron chi connectivity index (χ4n) is 1.15. The van der Waals surface area contributed by atoms with Crippen molar-refractivity contribution < 1.29 is 13.2 Å². The van der Waals surface area contributed by atoms with Crippen molar-refractivity contribution >= 4 is 24.9 Å². The fourth-order valence-corrected chi connectivity index (χ4v) is 8.77. The summed E-state index contributed by atoms with van der Waals surface area (Å²) in [6, 6.07) is 1.77. The van der Waals surface area contributed by atoms with E-state index in [1.165, 1.54) is 0 Å². The number of hydrogen-bond acceptors (Lipinski definition) is 0. The molecule has 1 aromatic rings. The Morgan fingerprint density at radius 3 is 2.07 bits per heavy atom. The van der Waals surface area contributed by atoms with Crippen molar-refractivity contribution in [3.63, 3.8) is 0 Å². The van der Waals surface area contributed by atoms with E-state index >= 15 is 0 Å². The topological polar surface area (TPSA) is 0 Å². The van der Waals surface area contributed by atoms with Gasteiger partial charge >= 0.3 is 93.0 Å². The fraction of sp³-hybridized carbons (Fsp3) is 0.400. The quantitative estimate of drug-likeness (QED) is 0.581. The number of hydrogen-bond donors (Lipinski definition) is 0. The van der Waals surface area contributed by atoms with Crippen molar-refractivity contribution in [2.75, 3.05) is 0 Å². The zero-order chi connectivity index (χ0) is 11.8. The number of benzene rings is 1. The molecule has 15 heavy (non-hydrogen) atoms. The minimum absolute atomic E-state index is 0.305. The second-order valence-corrected chi connectivity index (χ2v) is 24.1. The number of halogens is 3. The van der Waals surface area contributed by atoms with Gasteiger partial charge in [-0.1, -0.05) is 0 Å². The normalized spacial score (nSPS) is 14.1. The van der Waals surface area contributed by atoms with E-state index in [-0.39, 0.29) is 0 Å². The van der Waals surface area contributed by atoms with E-state index < -0.39 is 38.0 Å². The summed E-state index contributed by atoms with van der Waals surface area (Å²) >= 11 is -1.63. The Morgan fingerprint density at radius 1 is 1.07 bits per heavy atom. The van der Waals surface area contributed by atoms with Crippen LogP contribution in [0.4, 0.5) is 13.2 Å². The van der Waals surface area contributed by atoms with E-state index in [9.17, 15) is 13.2 Å². The second-order valence-electron chi connectivity index (χ2n) is 4.45. The van der Waals surface area contributed by atoms with Gasteiger partial charge in [0.05, 0.1) is 0 Å². The SMILES string of the molecule is C[As](c1cc(F)cc(F)c1F)[Si](C)(C)C. The summed E-state index contributed by atoms with van der Waals surface area (Å²) < 4.78 is 39.8. The first-order valence-electron chi connectivity index (χ1n) is 4.62. The molecule has 0 amide bonds. The van der Waals surface area contributed by atoms with Crippen LogP contribution in [-0.2, 0) is 0 Å². The monoisotopic (exact) mass is 294 g/mol. The molecule has 1 aromatic carbocycles. The molecule has 0 aliphatic carbocycles. The molecule has 0 bridgehead atoms. The predicted molar refractivity (Wildman–Crippen MR) is 60.9 cm³/mol. The first kappa shape index (κ1) is 12.9. The molecule has 0 aliphatic heterocycles. The van der Waals surface area contributed by atoms with Gasteiger partial charge in [0.15, 0.2) is 0 Å². The molecule has 0 spiro atoms. The van der Waals surface area contributed by atoms with Crippen molar-refractivity contribution in [2.45, 2.75) is 25.4 Å². The molecular weight excluding hydrogens is 280 g/mol. The molecule has 0 nitrogen and oxygen atoms in total. The van der Waals surface area contributed by atoms with Gasteiger partial charge in [-0.2, -0.15) is 0 Å². The Balaban J connectivity index is 3.25. The van der Waals surface area contributed by atoms with Crippen molar-refractivity contribution in [1.82, 2.24) is 0 Å². The molecule has 0 aliphatic rings. The summed E-state index contributed by atoms with van der Waals surface area (Å²) in [4.78, 5) is 0. The molecule has 1 rings (SSSR count). The Morgan fingerprint density at radius 2 is 1.60 bits per heavy atom. The zero-order valence-electron chi connectivity index (χ0n) is 9.24. The van der Waals surface area contributed by atoms with Gasteiger partial charge in [-0.3, -0.25) is 0 Å². The first-order valence-corrected chi connectivity index (χ1v) is 13.7. The van der Waals surface area contributed by atoms with Crippen LogP contribution in [0.1, 0.15) is 0 Å². The van der Waals surface area contributed by atoms with E-state index in [0.717, 1.165) is 6.07 Å². The molecular formula is C10H14AsF3Si. The Labute approximate surface area is 93.2 Å². The second kappa shape index (κ2) is 4.34. The molecule has 0 aromatic heterocycles. The summed E-state index contributed by atoms with van der Waals surface area (Å²) in [5.41, 5.74) is 1.97. The molecule has 1 unspecified atom stereocenters. The Hall–Kier alpha value is -0.215. The summed E-state index contributed by atoms with van der Waals surface area (Å²) in [5.74, 6) is -2.59. The van der Waals surface area contributed by atoms with Crippen LogP contribution in [-0.4, -0.2) is 20.5 Å². The molecule has 1 atom stereocenters. The molecule has 0 heterocycles. The van der Waals surface area contributed by atoms with Crippen LogP contribution >= 0.6 is 0 Å². The summed E-state index contributed by atoms with van der Waals surface area (Å²) in [7, 11) is 0. The van der Waals surface area contributed by atoms with Gasteiger partial charge < -0.3 is 0 Å². The molecule has 84 valence electrons. The van der Waals surface area contributed by atoms with Crippen LogP contribution in [0.2, 0.25) is 25.4 Å². The molecule has 5 heteroatoms. The zero-order valence-corrected chi connectivity index (χ0v) is 12.1. The summed E-state index contributed by atoms with van der Waals surface area (Å²) in [5, 5.41) is 0. The van der Waals surface area contributed by atoms with Gasteiger partial charge in [0.2, 0.25) is 0 Å². The van der Waals surface area contributed by atoms with Crippen LogP contribution in [0.3, 0.4) is 0 Å². The standard InChI is InChI=1S/C10H14AsF3Si/c1-11(15(2,3)4)8-5-7(12)6-9(13)10(8)14/h5-6H,1-4H3. The Kier molecular flexibility index (Phi) is 3.72. The average Bonchev–Trinajstić information content (AvgIpc) is 2.08. The maximum atomic E-state index is 13.5. The van der Waals surface area contributed by atoms with Gasteiger partial charge in [-0.05, 0) is 0 Å². The van der Waals surface area contributed by atoms with Crippen molar-refractivity contribution in [3.8, 4) is 0 Å². The third-order valence-electron chi connectivity index (χ3n) is 2.34. The predicted octanol–water partition coefficient (Wildman–Crippen LogP) is 2.85. The first-order chi connectivity index (χ1) is 6.73. The van der Waals surface area contributed by atoms with Crippen LogP contribution in [0.25, 0.3) is 0 Å². The molecule has 0 radical (unpaired) electrons. The van der Waals surface area contributed by atoms with Gasteiger partial charge in [0.25, 0.3) is 0 Å². The van der Waals surface area contributed by atoms with E-state index in [1.54, 1.807) is 0 Å². The van der Waals surface area contributed by atoms with Gasteiger partial charge in [-0.25, -0.2) is 0 Å². The molecule has 0 saturated heterocycles. The van der Waals surface area contributed by atoms with E-state index in [1.807, 2.05) is 5.71 Å². The van der Waals surface area contributed by atoms with Crippen LogP contribution in [0, 0.1) is 17.5 Å². The van der Waals surface area contributed by atoms with E-state index in [2.05, 4.69) is 19.6 Å². The third kappa shape index (κ3) is 2.88. The minimum atomic E-state index is -1.63. The van der Waals surface area contributed by atoms with Crippen molar-refractivity contribution in [2.24, 2.45) is 0 Å². The van der Waals surface area contributed by atoms with Crippen molar-refractivity contribution in [1.29, 1.82) is 0 Å². The van der Waals surface area contributed by atoms with Crippen LogP contribution in [0.15, 0.2) is 12.1 Å². The molecule has 0 N–H and O–H groups in total. The molecule has 0 saturated carbocycles. The number of rotatable bonds is 2. The van der Waals surface area contributed by atoms with Crippen molar-refractivity contribution in [3.05, 3.63) is 29.6 Å². The average molecular weight is 294 g/mol. The van der Waals surface area contributed by atoms with Gasteiger partial charge in [0, 0.05) is 0 Å². The van der Waals surface area contributed by atoms with Crippen LogP contribution < -0.4 is 4.35 Å². The molecule has 0 fully saturated rings. The van der Waals surface area contributed by atoms with Crippen LogP contribution in [0.5, 0.6) is 0 Å². The maximum absolute atomic E-state index is 13.5. The van der Waals surface area contributed by atoms with E-state index in [4.69, 9.17) is 0 Å². The van der Waals surface area contributed by atoms with Gasteiger partial charge in [-0.15, -0.1) is 0 Å². The summed E-state index contributed by atoms with van der Waals surface area (Å²) in [6.07, 6.45) is 0. The summed E-state index contributed by atoms with van der Waals surface area (Å²) in [6.45, 7) is 4.81.